The third-order valence-electron chi connectivity index (χ3n) is 2.81. The molecule has 2 rings (SSSR count). The molecular weight excluding hydrogens is 234 g/mol. The Hall–Kier alpha value is -1.30. The Labute approximate surface area is 107 Å². The van der Waals surface area contributed by atoms with Crippen molar-refractivity contribution in [3.63, 3.8) is 0 Å². The Kier molecular flexibility index (Phi) is 3.47. The first-order valence-electron chi connectivity index (χ1n) is 6.25. The number of carbonyl (C=O) groups is 1. The summed E-state index contributed by atoms with van der Waals surface area (Å²) in [5.41, 5.74) is -0.462. The molecule has 2 unspecified atom stereocenters. The molecule has 2 heterocycles. The third-order valence-corrected chi connectivity index (χ3v) is 2.81. The summed E-state index contributed by atoms with van der Waals surface area (Å²) < 4.78 is 11.0. The Morgan fingerprint density at radius 2 is 2.28 bits per heavy atom. The Morgan fingerprint density at radius 1 is 1.56 bits per heavy atom. The first kappa shape index (κ1) is 13.1. The van der Waals surface area contributed by atoms with E-state index in [-0.39, 0.29) is 18.2 Å². The number of nitrogens with zero attached hydrogens (tertiary/aromatic N) is 2. The standard InChI is InChI=1S/C12H21N3O3/c1-12(2,3)18-11(16)15-6-8-9(7-15)17-10(14-8)5-13-4/h8-9,13H,5-7H2,1-4H3. The van der Waals surface area contributed by atoms with Crippen molar-refractivity contribution in [1.82, 2.24) is 10.2 Å². The molecule has 2 aliphatic heterocycles. The van der Waals surface area contributed by atoms with E-state index in [1.165, 1.54) is 0 Å². The molecule has 2 atom stereocenters. The van der Waals surface area contributed by atoms with Crippen LogP contribution in [-0.2, 0) is 9.47 Å². The number of hydrogen-bond acceptors (Lipinski definition) is 5. The number of ether oxygens (including phenoxy) is 2. The van der Waals surface area contributed by atoms with E-state index in [1.54, 1.807) is 4.90 Å². The number of fused-ring (bicyclic) bond motifs is 1. The predicted octanol–water partition coefficient (Wildman–Crippen LogP) is 0.622. The van der Waals surface area contributed by atoms with Crippen LogP contribution in [0, 0.1) is 0 Å². The number of carbonyl (C=O) groups excluding carboxylic acids is 1. The number of nitrogens with one attached hydrogen (secondary N) is 1. The van der Waals surface area contributed by atoms with Gasteiger partial charge in [0, 0.05) is 0 Å². The molecule has 0 saturated carbocycles. The van der Waals surface area contributed by atoms with Gasteiger partial charge >= 0.3 is 6.09 Å². The number of rotatable bonds is 2. The van der Waals surface area contributed by atoms with Crippen LogP contribution in [0.3, 0.4) is 0 Å². The number of amides is 1. The second kappa shape index (κ2) is 4.76. The summed E-state index contributed by atoms with van der Waals surface area (Å²) in [5, 5.41) is 3.00. The quantitative estimate of drug-likeness (QED) is 0.786. The van der Waals surface area contributed by atoms with Gasteiger partial charge in [-0.05, 0) is 27.8 Å². The zero-order valence-electron chi connectivity index (χ0n) is 11.4. The fourth-order valence-electron chi connectivity index (χ4n) is 2.10. The molecule has 0 aromatic heterocycles. The van der Waals surface area contributed by atoms with E-state index >= 15 is 0 Å². The van der Waals surface area contributed by atoms with Crippen molar-refractivity contribution in [2.24, 2.45) is 4.99 Å². The lowest BCUT2D eigenvalue weighted by Crippen LogP contribution is -2.36. The maximum absolute atomic E-state index is 11.9. The van der Waals surface area contributed by atoms with E-state index in [2.05, 4.69) is 10.3 Å². The second-order valence-electron chi connectivity index (χ2n) is 5.66. The maximum Gasteiger partial charge on any atom is 0.410 e. The van der Waals surface area contributed by atoms with Crippen molar-refractivity contribution in [3.05, 3.63) is 0 Å². The van der Waals surface area contributed by atoms with Gasteiger partial charge in [-0.3, -0.25) is 0 Å². The second-order valence-corrected chi connectivity index (χ2v) is 5.66. The summed E-state index contributed by atoms with van der Waals surface area (Å²) in [6.07, 6.45) is -0.299. The molecule has 0 aliphatic carbocycles. The zero-order chi connectivity index (χ0) is 13.3. The molecular formula is C12H21N3O3. The summed E-state index contributed by atoms with van der Waals surface area (Å²) >= 11 is 0. The predicted molar refractivity (Wildman–Crippen MR) is 67.8 cm³/mol. The highest BCUT2D eigenvalue weighted by molar-refractivity contribution is 5.80. The molecule has 0 radical (unpaired) electrons. The van der Waals surface area contributed by atoms with Crippen molar-refractivity contribution < 1.29 is 14.3 Å². The number of hydrogen-bond donors (Lipinski definition) is 1. The zero-order valence-corrected chi connectivity index (χ0v) is 11.4. The lowest BCUT2D eigenvalue weighted by Gasteiger charge is -2.24. The average Bonchev–Trinajstić information content (AvgIpc) is 2.72. The van der Waals surface area contributed by atoms with Gasteiger partial charge in [0.1, 0.15) is 17.7 Å². The van der Waals surface area contributed by atoms with Crippen molar-refractivity contribution in [3.8, 4) is 0 Å². The topological polar surface area (TPSA) is 63.2 Å². The van der Waals surface area contributed by atoms with Crippen LogP contribution in [0.1, 0.15) is 20.8 Å². The highest BCUT2D eigenvalue weighted by Crippen LogP contribution is 2.24. The van der Waals surface area contributed by atoms with Crippen molar-refractivity contribution in [1.29, 1.82) is 0 Å². The van der Waals surface area contributed by atoms with Crippen LogP contribution >= 0.6 is 0 Å². The van der Waals surface area contributed by atoms with Crippen LogP contribution in [0.15, 0.2) is 4.99 Å². The Bertz CT molecular complexity index is 362. The molecule has 0 aromatic rings. The van der Waals surface area contributed by atoms with Gasteiger partial charge in [0.2, 0.25) is 0 Å². The van der Waals surface area contributed by atoms with Gasteiger partial charge in [0.05, 0.1) is 19.6 Å². The van der Waals surface area contributed by atoms with Crippen molar-refractivity contribution in [2.75, 3.05) is 26.7 Å². The third kappa shape index (κ3) is 2.93. The molecule has 6 nitrogen and oxygen atoms in total. The number of likely N-dealkylation sites (tertiary alicyclic amines) is 1. The van der Waals surface area contributed by atoms with Gasteiger partial charge in [0.15, 0.2) is 5.90 Å². The van der Waals surface area contributed by atoms with Gasteiger partial charge < -0.3 is 19.7 Å². The minimum absolute atomic E-state index is 0.0131. The molecule has 0 spiro atoms. The van der Waals surface area contributed by atoms with Crippen LogP contribution in [0.25, 0.3) is 0 Å². The highest BCUT2D eigenvalue weighted by Gasteiger charge is 2.42. The van der Waals surface area contributed by atoms with Crippen LogP contribution in [0.5, 0.6) is 0 Å². The summed E-state index contributed by atoms with van der Waals surface area (Å²) in [7, 11) is 1.85. The van der Waals surface area contributed by atoms with E-state index in [0.717, 1.165) is 5.90 Å². The normalized spacial score (nSPS) is 26.7. The smallest absolute Gasteiger partial charge is 0.410 e. The molecule has 18 heavy (non-hydrogen) atoms. The van der Waals surface area contributed by atoms with Gasteiger partial charge in [-0.15, -0.1) is 0 Å². The molecule has 1 saturated heterocycles. The fourth-order valence-corrected chi connectivity index (χ4v) is 2.10. The van der Waals surface area contributed by atoms with E-state index in [4.69, 9.17) is 9.47 Å². The minimum Gasteiger partial charge on any atom is -0.472 e. The number of likely N-dealkylation sites (N-methyl/N-ethyl adjacent to an activating group) is 1. The first-order chi connectivity index (χ1) is 8.39. The lowest BCUT2D eigenvalue weighted by atomic mass is 10.2. The molecule has 102 valence electrons. The van der Waals surface area contributed by atoms with E-state index in [0.29, 0.717) is 19.6 Å². The molecule has 0 aromatic carbocycles. The van der Waals surface area contributed by atoms with Crippen LogP contribution in [0.2, 0.25) is 0 Å². The summed E-state index contributed by atoms with van der Waals surface area (Å²) in [6, 6.07) is 0.0564. The highest BCUT2D eigenvalue weighted by atomic mass is 16.6. The molecule has 1 N–H and O–H groups in total. The molecule has 0 bridgehead atoms. The van der Waals surface area contributed by atoms with E-state index in [9.17, 15) is 4.79 Å². The molecule has 1 fully saturated rings. The molecule has 6 heteroatoms. The van der Waals surface area contributed by atoms with Crippen LogP contribution in [-0.4, -0.2) is 61.3 Å². The summed E-state index contributed by atoms with van der Waals surface area (Å²) in [4.78, 5) is 18.0. The van der Waals surface area contributed by atoms with Gasteiger partial charge in [-0.2, -0.15) is 0 Å². The van der Waals surface area contributed by atoms with E-state index in [1.807, 2.05) is 27.8 Å². The van der Waals surface area contributed by atoms with Crippen LogP contribution in [0.4, 0.5) is 4.79 Å². The Morgan fingerprint density at radius 3 is 2.83 bits per heavy atom. The molecule has 2 aliphatic rings. The SMILES string of the molecule is CNCC1=NC2CN(C(=O)OC(C)(C)C)CC2O1. The monoisotopic (exact) mass is 255 g/mol. The minimum atomic E-state index is -0.462. The van der Waals surface area contributed by atoms with Crippen molar-refractivity contribution >= 4 is 12.0 Å². The summed E-state index contributed by atoms with van der Waals surface area (Å²) in [6.45, 7) is 7.35. The summed E-state index contributed by atoms with van der Waals surface area (Å²) in [5.74, 6) is 0.733. The van der Waals surface area contributed by atoms with Gasteiger partial charge in [-0.25, -0.2) is 9.79 Å². The largest absolute Gasteiger partial charge is 0.472 e. The fraction of sp³-hybridized carbons (Fsp3) is 0.833. The Balaban J connectivity index is 1.89. The maximum atomic E-state index is 11.9. The van der Waals surface area contributed by atoms with Gasteiger partial charge in [0.25, 0.3) is 0 Å². The van der Waals surface area contributed by atoms with E-state index < -0.39 is 5.60 Å². The molecule has 1 amide bonds. The van der Waals surface area contributed by atoms with Crippen molar-refractivity contribution in [2.45, 2.75) is 38.5 Å². The van der Waals surface area contributed by atoms with Gasteiger partial charge in [-0.1, -0.05) is 0 Å². The number of aliphatic imine (C=N–C) groups is 1. The van der Waals surface area contributed by atoms with Crippen LogP contribution < -0.4 is 5.32 Å². The first-order valence-corrected chi connectivity index (χ1v) is 6.25. The average molecular weight is 255 g/mol. The lowest BCUT2D eigenvalue weighted by molar-refractivity contribution is 0.0271.